The van der Waals surface area contributed by atoms with Gasteiger partial charge in [-0.05, 0) is 55.2 Å². The molecule has 0 aromatic heterocycles. The lowest BCUT2D eigenvalue weighted by Gasteiger charge is -2.21. The quantitative estimate of drug-likeness (QED) is 0.791. The maximum Gasteiger partial charge on any atom is 0.317 e. The molecule has 0 spiro atoms. The summed E-state index contributed by atoms with van der Waals surface area (Å²) in [7, 11) is 3.08. The van der Waals surface area contributed by atoms with E-state index < -0.39 is 5.82 Å². The molecule has 0 saturated carbocycles. The van der Waals surface area contributed by atoms with Crippen LogP contribution in [0.5, 0.6) is 11.5 Å². The first-order chi connectivity index (χ1) is 12.4. The van der Waals surface area contributed by atoms with Crippen LogP contribution in [0, 0.1) is 5.82 Å². The van der Waals surface area contributed by atoms with E-state index in [1.807, 2.05) is 19.1 Å². The highest BCUT2D eigenvalue weighted by atomic mass is 19.1. The number of methoxy groups -OCH3 is 1. The van der Waals surface area contributed by atoms with Crippen LogP contribution in [0.2, 0.25) is 0 Å². The number of aromatic hydroxyl groups is 1. The minimum absolute atomic E-state index is 0.00800. The van der Waals surface area contributed by atoms with Crippen molar-refractivity contribution in [1.82, 2.24) is 10.2 Å². The number of aryl methyl sites for hydroxylation is 1. The van der Waals surface area contributed by atoms with Gasteiger partial charge in [0.1, 0.15) is 5.75 Å². The molecule has 0 saturated heterocycles. The molecule has 2 aromatic carbocycles. The summed E-state index contributed by atoms with van der Waals surface area (Å²) in [5.41, 5.74) is 1.80. The van der Waals surface area contributed by atoms with Crippen LogP contribution < -0.4 is 10.1 Å². The zero-order valence-corrected chi connectivity index (χ0v) is 15.3. The number of benzene rings is 2. The third-order valence-electron chi connectivity index (χ3n) is 4.15. The number of amides is 2. The van der Waals surface area contributed by atoms with E-state index in [0.29, 0.717) is 12.1 Å². The molecule has 0 fully saturated rings. The van der Waals surface area contributed by atoms with E-state index in [4.69, 9.17) is 4.74 Å². The van der Waals surface area contributed by atoms with Crippen molar-refractivity contribution in [2.75, 3.05) is 14.2 Å². The zero-order valence-electron chi connectivity index (χ0n) is 15.3. The van der Waals surface area contributed by atoms with E-state index in [0.717, 1.165) is 18.4 Å². The number of hydrogen-bond donors (Lipinski definition) is 2. The number of halogens is 1. The normalized spacial score (nSPS) is 11.7. The lowest BCUT2D eigenvalue weighted by Crippen LogP contribution is -2.41. The minimum Gasteiger partial charge on any atom is -0.508 e. The highest BCUT2D eigenvalue weighted by molar-refractivity contribution is 5.74. The van der Waals surface area contributed by atoms with Crippen LogP contribution in [0.25, 0.3) is 0 Å². The number of urea groups is 1. The van der Waals surface area contributed by atoms with Gasteiger partial charge in [-0.15, -0.1) is 0 Å². The number of nitrogens with one attached hydrogen (secondary N) is 1. The van der Waals surface area contributed by atoms with Crippen molar-refractivity contribution in [2.45, 2.75) is 32.4 Å². The Labute approximate surface area is 153 Å². The summed E-state index contributed by atoms with van der Waals surface area (Å²) in [6, 6.07) is 11.5. The zero-order chi connectivity index (χ0) is 19.1. The summed E-state index contributed by atoms with van der Waals surface area (Å²) in [5.74, 6) is -0.0172. The Bertz CT molecular complexity index is 734. The monoisotopic (exact) mass is 360 g/mol. The van der Waals surface area contributed by atoms with Gasteiger partial charge in [-0.1, -0.05) is 18.2 Å². The third kappa shape index (κ3) is 5.65. The van der Waals surface area contributed by atoms with Gasteiger partial charge in [-0.25, -0.2) is 9.18 Å². The van der Waals surface area contributed by atoms with Gasteiger partial charge in [0.25, 0.3) is 0 Å². The predicted molar refractivity (Wildman–Crippen MR) is 98.8 cm³/mol. The van der Waals surface area contributed by atoms with Gasteiger partial charge < -0.3 is 20.1 Å². The number of rotatable bonds is 7. The molecule has 6 heteroatoms. The van der Waals surface area contributed by atoms with Crippen LogP contribution in [0.15, 0.2) is 42.5 Å². The average Bonchev–Trinajstić information content (AvgIpc) is 2.61. The van der Waals surface area contributed by atoms with Crippen LogP contribution in [0.4, 0.5) is 9.18 Å². The molecule has 0 heterocycles. The first-order valence-corrected chi connectivity index (χ1v) is 8.51. The number of hydrogen-bond acceptors (Lipinski definition) is 3. The molecule has 26 heavy (non-hydrogen) atoms. The van der Waals surface area contributed by atoms with E-state index in [1.54, 1.807) is 31.3 Å². The Hall–Kier alpha value is -2.76. The fourth-order valence-corrected chi connectivity index (χ4v) is 2.59. The fraction of sp³-hybridized carbons (Fsp3) is 0.350. The number of nitrogens with zero attached hydrogens (tertiary/aromatic N) is 1. The van der Waals surface area contributed by atoms with E-state index in [9.17, 15) is 14.3 Å². The first-order valence-electron chi connectivity index (χ1n) is 8.51. The number of ether oxygens (including phenoxy) is 1. The van der Waals surface area contributed by atoms with Crippen molar-refractivity contribution < 1.29 is 19.0 Å². The van der Waals surface area contributed by atoms with E-state index >= 15 is 0 Å². The summed E-state index contributed by atoms with van der Waals surface area (Å²) >= 11 is 0. The fourth-order valence-electron chi connectivity index (χ4n) is 2.59. The Kier molecular flexibility index (Phi) is 6.83. The van der Waals surface area contributed by atoms with Crippen molar-refractivity contribution in [3.8, 4) is 11.5 Å². The summed E-state index contributed by atoms with van der Waals surface area (Å²) in [4.78, 5) is 13.8. The Morgan fingerprint density at radius 2 is 1.88 bits per heavy atom. The molecular formula is C20H25FN2O3. The number of phenolic OH excluding ortho intramolecular Hbond substituents is 1. The molecule has 2 amide bonds. The highest BCUT2D eigenvalue weighted by Gasteiger charge is 2.13. The second-order valence-electron chi connectivity index (χ2n) is 6.38. The molecule has 0 bridgehead atoms. The van der Waals surface area contributed by atoms with Crippen molar-refractivity contribution in [3.63, 3.8) is 0 Å². The molecule has 0 aliphatic rings. The maximum absolute atomic E-state index is 13.7. The number of carbonyl (C=O) groups is 1. The number of phenols is 1. The summed E-state index contributed by atoms with van der Waals surface area (Å²) in [5, 5.41) is 12.2. The van der Waals surface area contributed by atoms with E-state index in [1.165, 1.54) is 18.1 Å². The molecule has 2 rings (SSSR count). The van der Waals surface area contributed by atoms with Gasteiger partial charge in [0, 0.05) is 19.6 Å². The highest BCUT2D eigenvalue weighted by Crippen LogP contribution is 2.18. The van der Waals surface area contributed by atoms with Crippen LogP contribution >= 0.6 is 0 Å². The van der Waals surface area contributed by atoms with Crippen LogP contribution in [0.3, 0.4) is 0 Å². The van der Waals surface area contributed by atoms with Crippen LogP contribution in [0.1, 0.15) is 24.5 Å². The van der Waals surface area contributed by atoms with E-state index in [-0.39, 0.29) is 23.6 Å². The first kappa shape index (κ1) is 19.6. The topological polar surface area (TPSA) is 61.8 Å². The molecule has 5 nitrogen and oxygen atoms in total. The van der Waals surface area contributed by atoms with Gasteiger partial charge in [-0.3, -0.25) is 0 Å². The second kappa shape index (κ2) is 9.08. The summed E-state index contributed by atoms with van der Waals surface area (Å²) in [6.07, 6.45) is 1.58. The number of carbonyl (C=O) groups excluding carboxylic acids is 1. The van der Waals surface area contributed by atoms with Crippen LogP contribution in [-0.4, -0.2) is 36.2 Å². The molecule has 1 unspecified atom stereocenters. The van der Waals surface area contributed by atoms with Crippen molar-refractivity contribution >= 4 is 6.03 Å². The molecule has 0 aliphatic heterocycles. The van der Waals surface area contributed by atoms with Gasteiger partial charge in [-0.2, -0.15) is 0 Å². The molecule has 2 aromatic rings. The third-order valence-corrected chi connectivity index (χ3v) is 4.15. The Morgan fingerprint density at radius 3 is 2.50 bits per heavy atom. The van der Waals surface area contributed by atoms with Crippen molar-refractivity contribution in [3.05, 3.63) is 59.4 Å². The molecule has 140 valence electrons. The SMILES string of the molecule is COc1ccc(CN(C)C(=O)NC(C)CCc2ccc(O)cc2)cc1F. The van der Waals surface area contributed by atoms with Gasteiger partial charge >= 0.3 is 6.03 Å². The predicted octanol–water partition coefficient (Wildman–Crippen LogP) is 3.70. The van der Waals surface area contributed by atoms with Crippen LogP contribution in [-0.2, 0) is 13.0 Å². The molecule has 0 radical (unpaired) electrons. The lowest BCUT2D eigenvalue weighted by molar-refractivity contribution is 0.203. The summed E-state index contributed by atoms with van der Waals surface area (Å²) < 4.78 is 18.6. The van der Waals surface area contributed by atoms with Crippen molar-refractivity contribution in [2.24, 2.45) is 0 Å². The molecular weight excluding hydrogens is 335 g/mol. The Morgan fingerprint density at radius 1 is 1.23 bits per heavy atom. The van der Waals surface area contributed by atoms with E-state index in [2.05, 4.69) is 5.32 Å². The average molecular weight is 360 g/mol. The molecule has 0 aliphatic carbocycles. The van der Waals surface area contributed by atoms with Gasteiger partial charge in [0.15, 0.2) is 11.6 Å². The molecule has 2 N–H and O–H groups in total. The maximum atomic E-state index is 13.7. The van der Waals surface area contributed by atoms with Crippen molar-refractivity contribution in [1.29, 1.82) is 0 Å². The Balaban J connectivity index is 1.81. The summed E-state index contributed by atoms with van der Waals surface area (Å²) in [6.45, 7) is 2.25. The largest absolute Gasteiger partial charge is 0.508 e. The lowest BCUT2D eigenvalue weighted by atomic mass is 10.1. The van der Waals surface area contributed by atoms with Gasteiger partial charge in [0.2, 0.25) is 0 Å². The molecule has 1 atom stereocenters. The standard InChI is InChI=1S/C20H25FN2O3/c1-14(4-5-15-6-9-17(24)10-7-15)22-20(25)23(2)13-16-8-11-19(26-3)18(21)12-16/h6-12,14,24H,4-5,13H2,1-3H3,(H,22,25). The minimum atomic E-state index is -0.443. The smallest absolute Gasteiger partial charge is 0.317 e. The second-order valence-corrected chi connectivity index (χ2v) is 6.38. The van der Waals surface area contributed by atoms with Gasteiger partial charge in [0.05, 0.1) is 7.11 Å².